The SMILES string of the molecule is CC(=O)N[C@@H](C)c1ccc(C(=O)CN2C(=O)N[C@](Cc3ccccc3)(c3ccccc3)C2=O)cc1. The van der Waals surface area contributed by atoms with Crippen molar-refractivity contribution < 1.29 is 19.2 Å². The van der Waals surface area contributed by atoms with Crippen LogP contribution in [0.25, 0.3) is 0 Å². The van der Waals surface area contributed by atoms with E-state index >= 15 is 0 Å². The van der Waals surface area contributed by atoms with Crippen LogP contribution in [0.4, 0.5) is 4.79 Å². The Balaban J connectivity index is 1.57. The van der Waals surface area contributed by atoms with Crippen molar-refractivity contribution in [1.82, 2.24) is 15.5 Å². The summed E-state index contributed by atoms with van der Waals surface area (Å²) < 4.78 is 0. The Bertz CT molecular complexity index is 1240. The molecule has 0 bridgehead atoms. The summed E-state index contributed by atoms with van der Waals surface area (Å²) in [5.41, 5.74) is 1.48. The number of imide groups is 1. The zero-order chi connectivity index (χ0) is 25.0. The van der Waals surface area contributed by atoms with Crippen LogP contribution >= 0.6 is 0 Å². The van der Waals surface area contributed by atoms with Gasteiger partial charge in [-0.05, 0) is 23.6 Å². The standard InChI is InChI=1S/C28H27N3O4/c1-19(29-20(2)32)22-13-15-23(16-14-22)25(33)18-31-26(34)28(30-27(31)35,24-11-7-4-8-12-24)17-21-9-5-3-6-10-21/h3-16,19H,17-18H2,1-2H3,(H,29,32)(H,30,35)/t19-,28+/m0/s1. The summed E-state index contributed by atoms with van der Waals surface area (Å²) in [6.45, 7) is 2.93. The van der Waals surface area contributed by atoms with Crippen molar-refractivity contribution in [2.45, 2.75) is 31.8 Å². The smallest absolute Gasteiger partial charge is 0.325 e. The molecule has 0 saturated carbocycles. The molecular weight excluding hydrogens is 442 g/mol. The van der Waals surface area contributed by atoms with Gasteiger partial charge in [-0.1, -0.05) is 84.9 Å². The molecular formula is C28H27N3O4. The molecule has 178 valence electrons. The summed E-state index contributed by atoms with van der Waals surface area (Å²) in [5, 5.41) is 5.67. The number of Topliss-reactive ketones (excluding diaryl/α,β-unsaturated/α-hetero) is 1. The van der Waals surface area contributed by atoms with Gasteiger partial charge in [0.2, 0.25) is 5.91 Å². The van der Waals surface area contributed by atoms with Gasteiger partial charge in [0.25, 0.3) is 5.91 Å². The number of amides is 4. The Kier molecular flexibility index (Phi) is 6.78. The predicted octanol–water partition coefficient (Wildman–Crippen LogP) is 3.76. The van der Waals surface area contributed by atoms with Crippen LogP contribution in [0, 0.1) is 0 Å². The average molecular weight is 470 g/mol. The van der Waals surface area contributed by atoms with Crippen LogP contribution in [0.5, 0.6) is 0 Å². The molecule has 35 heavy (non-hydrogen) atoms. The van der Waals surface area contributed by atoms with Gasteiger partial charge in [-0.2, -0.15) is 0 Å². The first-order valence-electron chi connectivity index (χ1n) is 11.4. The molecule has 4 rings (SSSR count). The molecule has 3 aromatic carbocycles. The molecule has 0 aliphatic carbocycles. The number of benzene rings is 3. The molecule has 2 N–H and O–H groups in total. The molecule has 0 aromatic heterocycles. The van der Waals surface area contributed by atoms with Crippen molar-refractivity contribution in [1.29, 1.82) is 0 Å². The number of carbonyl (C=O) groups excluding carboxylic acids is 4. The fourth-order valence-corrected chi connectivity index (χ4v) is 4.39. The van der Waals surface area contributed by atoms with E-state index in [0.29, 0.717) is 11.1 Å². The molecule has 7 heteroatoms. The van der Waals surface area contributed by atoms with Gasteiger partial charge in [0.05, 0.1) is 12.6 Å². The van der Waals surface area contributed by atoms with Crippen LogP contribution in [0.2, 0.25) is 0 Å². The Hall–Kier alpha value is -4.26. The number of ketones is 1. The topological polar surface area (TPSA) is 95.6 Å². The van der Waals surface area contributed by atoms with Gasteiger partial charge >= 0.3 is 6.03 Å². The third kappa shape index (κ3) is 4.99. The maximum absolute atomic E-state index is 13.7. The van der Waals surface area contributed by atoms with E-state index in [0.717, 1.165) is 16.0 Å². The second-order valence-corrected chi connectivity index (χ2v) is 8.72. The van der Waals surface area contributed by atoms with E-state index in [1.807, 2.05) is 55.5 Å². The fraction of sp³-hybridized carbons (Fsp3) is 0.214. The minimum atomic E-state index is -1.29. The summed E-state index contributed by atoms with van der Waals surface area (Å²) in [7, 11) is 0. The quantitative estimate of drug-likeness (QED) is 0.388. The molecule has 0 radical (unpaired) electrons. The van der Waals surface area contributed by atoms with Crippen LogP contribution in [0.1, 0.15) is 46.9 Å². The largest absolute Gasteiger partial charge is 0.350 e. The summed E-state index contributed by atoms with van der Waals surface area (Å²) in [4.78, 5) is 52.0. The zero-order valence-electron chi connectivity index (χ0n) is 19.7. The van der Waals surface area contributed by atoms with Gasteiger partial charge in [-0.15, -0.1) is 0 Å². The lowest BCUT2D eigenvalue weighted by atomic mass is 9.83. The first-order chi connectivity index (χ1) is 16.8. The Morgan fingerprint density at radius 2 is 1.51 bits per heavy atom. The van der Waals surface area contributed by atoms with Crippen molar-refractivity contribution in [3.05, 3.63) is 107 Å². The van der Waals surface area contributed by atoms with Gasteiger partial charge in [0.1, 0.15) is 0 Å². The second kappa shape index (κ2) is 9.93. The highest BCUT2D eigenvalue weighted by Crippen LogP contribution is 2.33. The average Bonchev–Trinajstić information content (AvgIpc) is 3.09. The molecule has 0 spiro atoms. The molecule has 1 fully saturated rings. The number of nitrogens with one attached hydrogen (secondary N) is 2. The van der Waals surface area contributed by atoms with E-state index in [2.05, 4.69) is 10.6 Å². The number of rotatable bonds is 8. The van der Waals surface area contributed by atoms with E-state index in [4.69, 9.17) is 0 Å². The third-order valence-corrected chi connectivity index (χ3v) is 6.21. The lowest BCUT2D eigenvalue weighted by Gasteiger charge is -2.27. The van der Waals surface area contributed by atoms with Gasteiger partial charge < -0.3 is 10.6 Å². The lowest BCUT2D eigenvalue weighted by Crippen LogP contribution is -2.46. The monoisotopic (exact) mass is 469 g/mol. The van der Waals surface area contributed by atoms with E-state index in [1.54, 1.807) is 36.4 Å². The summed E-state index contributed by atoms with van der Waals surface area (Å²) in [5.74, 6) is -0.953. The van der Waals surface area contributed by atoms with Crippen LogP contribution in [-0.2, 0) is 21.5 Å². The molecule has 7 nitrogen and oxygen atoms in total. The highest BCUT2D eigenvalue weighted by molar-refractivity contribution is 6.11. The summed E-state index contributed by atoms with van der Waals surface area (Å²) >= 11 is 0. The Morgan fingerprint density at radius 3 is 2.11 bits per heavy atom. The van der Waals surface area contributed by atoms with Crippen LogP contribution < -0.4 is 10.6 Å². The predicted molar refractivity (Wildman–Crippen MR) is 132 cm³/mol. The highest BCUT2D eigenvalue weighted by atomic mass is 16.2. The van der Waals surface area contributed by atoms with Gasteiger partial charge in [-0.25, -0.2) is 4.79 Å². The number of urea groups is 1. The minimum Gasteiger partial charge on any atom is -0.350 e. The first-order valence-corrected chi connectivity index (χ1v) is 11.4. The van der Waals surface area contributed by atoms with Crippen LogP contribution in [-0.4, -0.2) is 35.1 Å². The van der Waals surface area contributed by atoms with Crippen LogP contribution in [0.15, 0.2) is 84.9 Å². The number of hydrogen-bond donors (Lipinski definition) is 2. The summed E-state index contributed by atoms with van der Waals surface area (Å²) in [6.07, 6.45) is 0.267. The van der Waals surface area contributed by atoms with Crippen molar-refractivity contribution in [2.24, 2.45) is 0 Å². The third-order valence-electron chi connectivity index (χ3n) is 6.21. The minimum absolute atomic E-state index is 0.145. The molecule has 3 aromatic rings. The van der Waals surface area contributed by atoms with Crippen molar-refractivity contribution in [3.63, 3.8) is 0 Å². The molecule has 4 amide bonds. The number of carbonyl (C=O) groups is 4. The van der Waals surface area contributed by atoms with Crippen molar-refractivity contribution in [3.8, 4) is 0 Å². The lowest BCUT2D eigenvalue weighted by molar-refractivity contribution is -0.131. The highest BCUT2D eigenvalue weighted by Gasteiger charge is 2.52. The Labute approximate surface area is 204 Å². The summed E-state index contributed by atoms with van der Waals surface area (Å²) in [6, 6.07) is 24.5. The molecule has 2 atom stereocenters. The zero-order valence-corrected chi connectivity index (χ0v) is 19.7. The van der Waals surface area contributed by atoms with E-state index in [9.17, 15) is 19.2 Å². The fourth-order valence-electron chi connectivity index (χ4n) is 4.39. The Morgan fingerprint density at radius 1 is 0.914 bits per heavy atom. The van der Waals surface area contributed by atoms with Crippen molar-refractivity contribution >= 4 is 23.6 Å². The molecule has 0 unspecified atom stereocenters. The van der Waals surface area contributed by atoms with Crippen molar-refractivity contribution in [2.75, 3.05) is 6.54 Å². The molecule has 1 heterocycles. The maximum atomic E-state index is 13.7. The molecule has 1 aliphatic heterocycles. The normalized spacial score (nSPS) is 18.2. The second-order valence-electron chi connectivity index (χ2n) is 8.72. The van der Waals surface area contributed by atoms with E-state index in [1.165, 1.54) is 6.92 Å². The van der Waals surface area contributed by atoms with Gasteiger partial charge in [0.15, 0.2) is 11.3 Å². The first kappa shape index (κ1) is 23.9. The number of nitrogens with zero attached hydrogens (tertiary/aromatic N) is 1. The molecule has 1 aliphatic rings. The number of hydrogen-bond acceptors (Lipinski definition) is 4. The van der Waals surface area contributed by atoms with Gasteiger partial charge in [-0.3, -0.25) is 19.3 Å². The van der Waals surface area contributed by atoms with Gasteiger partial charge in [0, 0.05) is 18.9 Å². The van der Waals surface area contributed by atoms with E-state index < -0.39 is 17.5 Å². The molecule has 1 saturated heterocycles. The maximum Gasteiger partial charge on any atom is 0.325 e. The van der Waals surface area contributed by atoms with Crippen LogP contribution in [0.3, 0.4) is 0 Å². The van der Waals surface area contributed by atoms with E-state index in [-0.39, 0.29) is 30.7 Å².